The molecule has 1 N–H and O–H groups in total. The molecule has 2 amide bonds. The molecule has 1 aromatic carbocycles. The van der Waals surface area contributed by atoms with Crippen LogP contribution in [0, 0.1) is 5.92 Å². The number of carbonyl (C=O) groups is 4. The largest absolute Gasteiger partial charge is 0.451 e. The zero-order valence-electron chi connectivity index (χ0n) is 18.3. The van der Waals surface area contributed by atoms with Crippen molar-refractivity contribution in [2.24, 2.45) is 5.92 Å². The lowest BCUT2D eigenvalue weighted by molar-refractivity contribution is -0.150. The Bertz CT molecular complexity index is 1100. The fraction of sp³-hybridized carbons (Fsp3) is 0.417. The molecular weight excluding hydrogens is 464 g/mol. The van der Waals surface area contributed by atoms with Gasteiger partial charge in [-0.2, -0.15) is 0 Å². The smallest absolute Gasteiger partial charge is 0.348 e. The van der Waals surface area contributed by atoms with Crippen molar-refractivity contribution in [1.29, 1.82) is 0 Å². The second-order valence-electron chi connectivity index (χ2n) is 8.43. The van der Waals surface area contributed by atoms with Gasteiger partial charge >= 0.3 is 5.97 Å². The molecule has 9 heteroatoms. The van der Waals surface area contributed by atoms with Gasteiger partial charge in [-0.25, -0.2) is 4.79 Å². The van der Waals surface area contributed by atoms with E-state index in [0.29, 0.717) is 28.4 Å². The second kappa shape index (κ2) is 9.65. The number of rotatable bonds is 7. The van der Waals surface area contributed by atoms with Crippen LogP contribution in [0.5, 0.6) is 0 Å². The molecule has 1 aromatic heterocycles. The van der Waals surface area contributed by atoms with Crippen LogP contribution in [0.2, 0.25) is 5.02 Å². The zero-order valence-corrected chi connectivity index (χ0v) is 19.8. The van der Waals surface area contributed by atoms with E-state index in [1.807, 2.05) is 0 Å². The average molecular weight is 489 g/mol. The molecule has 2 aliphatic carbocycles. The number of halogens is 1. The first-order valence-corrected chi connectivity index (χ1v) is 12.1. The van der Waals surface area contributed by atoms with E-state index >= 15 is 0 Å². The van der Waals surface area contributed by atoms with E-state index in [1.54, 1.807) is 43.4 Å². The van der Waals surface area contributed by atoms with Gasteiger partial charge < -0.3 is 15.0 Å². The van der Waals surface area contributed by atoms with Crippen molar-refractivity contribution >= 4 is 51.5 Å². The first-order valence-electron chi connectivity index (χ1n) is 11.0. The SMILES string of the molecule is CN(C(=O)COC(=O)c1ccc(NC(=O)C2CC2)s1)C1(c2ccccc2Cl)CCCCC1=O. The summed E-state index contributed by atoms with van der Waals surface area (Å²) in [6, 6.07) is 10.2. The molecule has 1 unspecified atom stereocenters. The van der Waals surface area contributed by atoms with Crippen molar-refractivity contribution in [1.82, 2.24) is 4.90 Å². The van der Waals surface area contributed by atoms with Crippen molar-refractivity contribution in [2.75, 3.05) is 19.0 Å². The van der Waals surface area contributed by atoms with Crippen LogP contribution in [0.25, 0.3) is 0 Å². The lowest BCUT2D eigenvalue weighted by Gasteiger charge is -2.43. The molecule has 0 bridgehead atoms. The van der Waals surface area contributed by atoms with Crippen molar-refractivity contribution in [3.63, 3.8) is 0 Å². The van der Waals surface area contributed by atoms with Gasteiger partial charge in [0, 0.05) is 30.0 Å². The number of amides is 2. The standard InChI is InChI=1S/C24H25ClN2O5S/c1-27(24(13-5-4-8-19(24)28)16-6-2-3-7-17(16)25)21(29)14-32-23(31)18-11-12-20(33-18)26-22(30)15-9-10-15/h2-3,6-7,11-12,15H,4-5,8-10,13-14H2,1H3,(H,26,30). The number of anilines is 1. The Balaban J connectivity index is 1.44. The highest BCUT2D eigenvalue weighted by Crippen LogP contribution is 2.42. The summed E-state index contributed by atoms with van der Waals surface area (Å²) in [6.45, 7) is -0.503. The number of ketones is 1. The maximum Gasteiger partial charge on any atom is 0.348 e. The fourth-order valence-corrected chi connectivity index (χ4v) is 5.32. The first-order chi connectivity index (χ1) is 15.8. The molecule has 0 aliphatic heterocycles. The number of thiophene rings is 1. The summed E-state index contributed by atoms with van der Waals surface area (Å²) < 4.78 is 5.25. The molecule has 2 fully saturated rings. The van der Waals surface area contributed by atoms with Gasteiger partial charge in [0.2, 0.25) is 5.91 Å². The van der Waals surface area contributed by atoms with Crippen LogP contribution in [0.4, 0.5) is 5.00 Å². The number of nitrogens with one attached hydrogen (secondary N) is 1. The van der Waals surface area contributed by atoms with Crippen molar-refractivity contribution < 1.29 is 23.9 Å². The number of likely N-dealkylation sites (N-methyl/N-ethyl adjacent to an activating group) is 1. The molecule has 0 radical (unpaired) electrons. The Morgan fingerprint density at radius 3 is 2.64 bits per heavy atom. The summed E-state index contributed by atoms with van der Waals surface area (Å²) in [4.78, 5) is 52.2. The molecule has 0 spiro atoms. The van der Waals surface area contributed by atoms with Crippen LogP contribution in [0.1, 0.15) is 53.8 Å². The molecule has 2 aromatic rings. The molecule has 33 heavy (non-hydrogen) atoms. The van der Waals surface area contributed by atoms with E-state index in [4.69, 9.17) is 16.3 Å². The third-order valence-corrected chi connectivity index (χ3v) is 7.56. The van der Waals surface area contributed by atoms with E-state index in [9.17, 15) is 19.2 Å². The quantitative estimate of drug-likeness (QED) is 0.583. The summed E-state index contributed by atoms with van der Waals surface area (Å²) in [5, 5.41) is 3.77. The Morgan fingerprint density at radius 1 is 1.18 bits per heavy atom. The van der Waals surface area contributed by atoms with E-state index in [2.05, 4.69) is 5.32 Å². The maximum absolute atomic E-state index is 13.1. The minimum atomic E-state index is -1.18. The molecule has 174 valence electrons. The molecule has 1 atom stereocenters. The summed E-state index contributed by atoms with van der Waals surface area (Å²) >= 11 is 7.52. The predicted molar refractivity (Wildman–Crippen MR) is 125 cm³/mol. The van der Waals surface area contributed by atoms with Gasteiger partial charge in [-0.3, -0.25) is 14.4 Å². The second-order valence-corrected chi connectivity index (χ2v) is 9.92. The van der Waals surface area contributed by atoms with E-state index in [1.165, 1.54) is 4.90 Å². The third-order valence-electron chi connectivity index (χ3n) is 6.25. The number of ether oxygens (including phenoxy) is 1. The number of hydrogen-bond acceptors (Lipinski definition) is 6. The Hall–Kier alpha value is -2.71. The average Bonchev–Trinajstić information content (AvgIpc) is 3.57. The highest BCUT2D eigenvalue weighted by molar-refractivity contribution is 7.18. The van der Waals surface area contributed by atoms with Gasteiger partial charge in [-0.05, 0) is 50.3 Å². The van der Waals surface area contributed by atoms with Gasteiger partial charge in [0.1, 0.15) is 10.4 Å². The van der Waals surface area contributed by atoms with Gasteiger partial charge in [-0.1, -0.05) is 29.8 Å². The van der Waals surface area contributed by atoms with Crippen LogP contribution in [-0.4, -0.2) is 42.1 Å². The number of nitrogens with zero attached hydrogens (tertiary/aromatic N) is 1. The van der Waals surface area contributed by atoms with Gasteiger partial charge in [0.05, 0.1) is 5.00 Å². The number of benzene rings is 1. The van der Waals surface area contributed by atoms with E-state index in [0.717, 1.165) is 37.0 Å². The molecular formula is C24H25ClN2O5S. The lowest BCUT2D eigenvalue weighted by Crippen LogP contribution is -2.55. The number of hydrogen-bond donors (Lipinski definition) is 1. The maximum atomic E-state index is 13.1. The minimum Gasteiger partial charge on any atom is -0.451 e. The summed E-state index contributed by atoms with van der Waals surface area (Å²) in [5.74, 6) is -1.20. The van der Waals surface area contributed by atoms with Gasteiger partial charge in [0.15, 0.2) is 12.4 Å². The molecule has 2 saturated carbocycles. The molecule has 7 nitrogen and oxygen atoms in total. The number of Topliss-reactive ketones (excluding diaryl/α,β-unsaturated/α-hetero) is 1. The predicted octanol–water partition coefficient (Wildman–Crippen LogP) is 4.40. The highest BCUT2D eigenvalue weighted by atomic mass is 35.5. The normalized spacial score (nSPS) is 20.2. The van der Waals surface area contributed by atoms with E-state index < -0.39 is 24.0 Å². The zero-order chi connectivity index (χ0) is 23.6. The lowest BCUT2D eigenvalue weighted by atomic mass is 9.74. The highest BCUT2D eigenvalue weighted by Gasteiger charge is 2.48. The molecule has 0 saturated heterocycles. The van der Waals surface area contributed by atoms with Crippen LogP contribution < -0.4 is 5.32 Å². The summed E-state index contributed by atoms with van der Waals surface area (Å²) in [5.41, 5.74) is -0.587. The van der Waals surface area contributed by atoms with Gasteiger partial charge in [0.25, 0.3) is 5.91 Å². The van der Waals surface area contributed by atoms with Crippen LogP contribution >= 0.6 is 22.9 Å². The van der Waals surface area contributed by atoms with Crippen LogP contribution in [0.15, 0.2) is 36.4 Å². The van der Waals surface area contributed by atoms with Gasteiger partial charge in [-0.15, -0.1) is 11.3 Å². The van der Waals surface area contributed by atoms with Crippen molar-refractivity contribution in [3.05, 3.63) is 51.9 Å². The topological polar surface area (TPSA) is 92.8 Å². The summed E-state index contributed by atoms with van der Waals surface area (Å²) in [7, 11) is 1.55. The first kappa shape index (κ1) is 23.4. The Morgan fingerprint density at radius 2 is 1.94 bits per heavy atom. The number of carbonyl (C=O) groups excluding carboxylic acids is 4. The summed E-state index contributed by atoms with van der Waals surface area (Å²) in [6.07, 6.45) is 4.13. The molecule has 4 rings (SSSR count). The van der Waals surface area contributed by atoms with Crippen LogP contribution in [-0.2, 0) is 24.7 Å². The van der Waals surface area contributed by atoms with Crippen molar-refractivity contribution in [3.8, 4) is 0 Å². The number of esters is 1. The van der Waals surface area contributed by atoms with E-state index in [-0.39, 0.29) is 22.5 Å². The molecule has 2 aliphatic rings. The minimum absolute atomic E-state index is 0.0458. The molecule has 1 heterocycles. The monoisotopic (exact) mass is 488 g/mol. The Kier molecular flexibility index (Phi) is 6.86. The van der Waals surface area contributed by atoms with Crippen molar-refractivity contribution in [2.45, 2.75) is 44.1 Å². The van der Waals surface area contributed by atoms with Crippen LogP contribution in [0.3, 0.4) is 0 Å². The third kappa shape index (κ3) is 4.82. The Labute approximate surface area is 201 Å². The fourth-order valence-electron chi connectivity index (χ4n) is 4.22.